The number of hydrogen-bond acceptors (Lipinski definition) is 1. The molecule has 1 saturated carbocycles. The Morgan fingerprint density at radius 3 is 2.68 bits per heavy atom. The average Bonchev–Trinajstić information content (AvgIpc) is 2.25. The summed E-state index contributed by atoms with van der Waals surface area (Å²) < 4.78 is 0. The molecule has 2 heteroatoms. The van der Waals surface area contributed by atoms with Gasteiger partial charge in [-0.05, 0) is 55.2 Å². The zero-order chi connectivity index (χ0) is 14.0. The van der Waals surface area contributed by atoms with E-state index >= 15 is 0 Å². The van der Waals surface area contributed by atoms with Crippen LogP contribution in [-0.4, -0.2) is 6.04 Å². The maximum absolute atomic E-state index is 6.07. The minimum atomic E-state index is 0.366. The molecule has 3 atom stereocenters. The topological polar surface area (TPSA) is 12.0 Å². The van der Waals surface area contributed by atoms with Crippen molar-refractivity contribution in [3.05, 3.63) is 34.9 Å². The Morgan fingerprint density at radius 1 is 1.32 bits per heavy atom. The van der Waals surface area contributed by atoms with Gasteiger partial charge in [-0.2, -0.15) is 0 Å². The molecule has 1 aromatic rings. The monoisotopic (exact) mass is 279 g/mol. The van der Waals surface area contributed by atoms with Gasteiger partial charge < -0.3 is 5.32 Å². The summed E-state index contributed by atoms with van der Waals surface area (Å²) in [6.07, 6.45) is 3.90. The molecule has 1 aromatic carbocycles. The molecule has 0 spiro atoms. The molecule has 0 radical (unpaired) electrons. The van der Waals surface area contributed by atoms with Crippen molar-refractivity contribution in [1.29, 1.82) is 0 Å². The Kier molecular flexibility index (Phi) is 4.58. The van der Waals surface area contributed by atoms with Crippen LogP contribution in [0.3, 0.4) is 0 Å². The Bertz CT molecular complexity index is 427. The van der Waals surface area contributed by atoms with E-state index in [0.717, 1.165) is 10.9 Å². The number of benzene rings is 1. The van der Waals surface area contributed by atoms with E-state index in [2.05, 4.69) is 45.1 Å². The van der Waals surface area contributed by atoms with Crippen LogP contribution in [0.15, 0.2) is 24.3 Å². The third-order valence-corrected chi connectivity index (χ3v) is 4.46. The van der Waals surface area contributed by atoms with Crippen LogP contribution >= 0.6 is 11.6 Å². The quantitative estimate of drug-likeness (QED) is 0.801. The molecule has 19 heavy (non-hydrogen) atoms. The second-order valence-electron chi connectivity index (χ2n) is 7.05. The lowest BCUT2D eigenvalue weighted by Crippen LogP contribution is -2.41. The summed E-state index contributed by atoms with van der Waals surface area (Å²) in [5, 5.41) is 4.61. The molecule has 0 heterocycles. The summed E-state index contributed by atoms with van der Waals surface area (Å²) in [4.78, 5) is 0. The fraction of sp³-hybridized carbons (Fsp3) is 0.647. The van der Waals surface area contributed by atoms with Gasteiger partial charge in [0.15, 0.2) is 0 Å². The number of rotatable bonds is 3. The van der Waals surface area contributed by atoms with Gasteiger partial charge >= 0.3 is 0 Å². The fourth-order valence-electron chi connectivity index (χ4n) is 3.70. The molecule has 0 aliphatic heterocycles. The van der Waals surface area contributed by atoms with Gasteiger partial charge in [-0.1, -0.05) is 44.5 Å². The second kappa shape index (κ2) is 5.85. The van der Waals surface area contributed by atoms with E-state index < -0.39 is 0 Å². The third kappa shape index (κ3) is 4.22. The normalized spacial score (nSPS) is 28.1. The summed E-state index contributed by atoms with van der Waals surface area (Å²) in [7, 11) is 0. The van der Waals surface area contributed by atoms with Crippen LogP contribution in [0.25, 0.3) is 0 Å². The van der Waals surface area contributed by atoms with Crippen LogP contribution in [0, 0.1) is 11.3 Å². The molecule has 106 valence electrons. The number of nitrogens with one attached hydrogen (secondary N) is 1. The van der Waals surface area contributed by atoms with Crippen molar-refractivity contribution in [3.8, 4) is 0 Å². The van der Waals surface area contributed by atoms with Crippen molar-refractivity contribution in [2.45, 2.75) is 59.0 Å². The van der Waals surface area contributed by atoms with E-state index in [1.54, 1.807) is 0 Å². The summed E-state index contributed by atoms with van der Waals surface area (Å²) in [5.41, 5.74) is 1.74. The van der Waals surface area contributed by atoms with Gasteiger partial charge in [0.25, 0.3) is 0 Å². The molecule has 1 aliphatic rings. The highest BCUT2D eigenvalue weighted by Crippen LogP contribution is 2.39. The van der Waals surface area contributed by atoms with Crippen molar-refractivity contribution < 1.29 is 0 Å². The summed E-state index contributed by atoms with van der Waals surface area (Å²) in [6.45, 7) is 9.39. The van der Waals surface area contributed by atoms with E-state index in [0.29, 0.717) is 17.5 Å². The fourth-order valence-corrected chi connectivity index (χ4v) is 3.90. The lowest BCUT2D eigenvalue weighted by Gasteiger charge is -2.40. The van der Waals surface area contributed by atoms with Crippen LogP contribution in [0.1, 0.15) is 58.6 Å². The summed E-state index contributed by atoms with van der Waals surface area (Å²) >= 11 is 6.07. The van der Waals surface area contributed by atoms with Crippen LogP contribution in [0.4, 0.5) is 0 Å². The van der Waals surface area contributed by atoms with E-state index in [9.17, 15) is 0 Å². The standard InChI is InChI=1S/C17H26ClN/c1-12-8-16(11-17(3,4)10-12)19-13(2)14-6-5-7-15(18)9-14/h5-7,9,12-13,16,19H,8,10-11H2,1-4H3/t12?,13-,16?/m0/s1. The van der Waals surface area contributed by atoms with Gasteiger partial charge in [0.1, 0.15) is 0 Å². The lowest BCUT2D eigenvalue weighted by molar-refractivity contribution is 0.145. The maximum atomic E-state index is 6.07. The average molecular weight is 280 g/mol. The van der Waals surface area contributed by atoms with Gasteiger partial charge in [0.05, 0.1) is 0 Å². The van der Waals surface area contributed by atoms with E-state index in [1.165, 1.54) is 24.8 Å². The van der Waals surface area contributed by atoms with Gasteiger partial charge in [-0.3, -0.25) is 0 Å². The number of halogens is 1. The van der Waals surface area contributed by atoms with Gasteiger partial charge in [-0.25, -0.2) is 0 Å². The molecule has 1 nitrogen and oxygen atoms in total. The number of hydrogen-bond donors (Lipinski definition) is 1. The van der Waals surface area contributed by atoms with Crippen molar-refractivity contribution in [3.63, 3.8) is 0 Å². The zero-order valence-electron chi connectivity index (χ0n) is 12.5. The highest BCUT2D eigenvalue weighted by Gasteiger charge is 2.32. The Labute approximate surface area is 122 Å². The van der Waals surface area contributed by atoms with E-state index in [4.69, 9.17) is 11.6 Å². The van der Waals surface area contributed by atoms with Crippen molar-refractivity contribution in [2.24, 2.45) is 11.3 Å². The summed E-state index contributed by atoms with van der Waals surface area (Å²) in [5.74, 6) is 0.813. The Hall–Kier alpha value is -0.530. The minimum absolute atomic E-state index is 0.366. The predicted molar refractivity (Wildman–Crippen MR) is 83.6 cm³/mol. The smallest absolute Gasteiger partial charge is 0.0409 e. The van der Waals surface area contributed by atoms with Crippen LogP contribution in [-0.2, 0) is 0 Å². The molecule has 1 fully saturated rings. The van der Waals surface area contributed by atoms with Crippen LogP contribution in [0.5, 0.6) is 0 Å². The second-order valence-corrected chi connectivity index (χ2v) is 7.49. The lowest BCUT2D eigenvalue weighted by atomic mass is 9.70. The van der Waals surface area contributed by atoms with Gasteiger partial charge in [0.2, 0.25) is 0 Å². The van der Waals surface area contributed by atoms with Crippen LogP contribution in [0.2, 0.25) is 5.02 Å². The summed E-state index contributed by atoms with van der Waals surface area (Å²) in [6, 6.07) is 9.17. The third-order valence-electron chi connectivity index (χ3n) is 4.22. The first kappa shape index (κ1) is 14.9. The highest BCUT2D eigenvalue weighted by molar-refractivity contribution is 6.30. The highest BCUT2D eigenvalue weighted by atomic mass is 35.5. The van der Waals surface area contributed by atoms with Crippen molar-refractivity contribution in [2.75, 3.05) is 0 Å². The Morgan fingerprint density at radius 2 is 2.05 bits per heavy atom. The molecular weight excluding hydrogens is 254 g/mol. The molecule has 1 N–H and O–H groups in total. The molecule has 0 saturated heterocycles. The molecule has 2 rings (SSSR count). The maximum Gasteiger partial charge on any atom is 0.0409 e. The van der Waals surface area contributed by atoms with Crippen molar-refractivity contribution >= 4 is 11.6 Å². The molecule has 0 amide bonds. The SMILES string of the molecule is CC1CC(N[C@@H](C)c2cccc(Cl)c2)CC(C)(C)C1. The van der Waals surface area contributed by atoms with Crippen LogP contribution < -0.4 is 5.32 Å². The van der Waals surface area contributed by atoms with Crippen molar-refractivity contribution in [1.82, 2.24) is 5.32 Å². The zero-order valence-corrected chi connectivity index (χ0v) is 13.3. The van der Waals surface area contributed by atoms with E-state index in [-0.39, 0.29) is 0 Å². The largest absolute Gasteiger partial charge is 0.307 e. The first-order valence-electron chi connectivity index (χ1n) is 7.37. The molecule has 1 aliphatic carbocycles. The van der Waals surface area contributed by atoms with E-state index in [1.807, 2.05) is 12.1 Å². The molecular formula is C17H26ClN. The van der Waals surface area contributed by atoms with Gasteiger partial charge in [-0.15, -0.1) is 0 Å². The predicted octanol–water partition coefficient (Wildman–Crippen LogP) is 5.21. The minimum Gasteiger partial charge on any atom is -0.307 e. The molecule has 0 aromatic heterocycles. The first-order valence-corrected chi connectivity index (χ1v) is 7.75. The molecule has 0 bridgehead atoms. The van der Waals surface area contributed by atoms with Gasteiger partial charge in [0, 0.05) is 17.1 Å². The Balaban J connectivity index is 2.00. The molecule has 2 unspecified atom stereocenters. The first-order chi connectivity index (χ1) is 8.85.